The fraction of sp³-hybridized carbons (Fsp3) is 0. The Morgan fingerprint density at radius 2 is 2.06 bits per heavy atom. The highest BCUT2D eigenvalue weighted by Crippen LogP contribution is 2.28. The van der Waals surface area contributed by atoms with Gasteiger partial charge in [0.15, 0.2) is 23.0 Å². The third kappa shape index (κ3) is 1.75. The van der Waals surface area contributed by atoms with Crippen LogP contribution >= 0.6 is 0 Å². The molecule has 0 saturated heterocycles. The maximum atomic E-state index is 13.6. The van der Waals surface area contributed by atoms with Gasteiger partial charge in [-0.3, -0.25) is 0 Å². The number of pyridine rings is 1. The van der Waals surface area contributed by atoms with Gasteiger partial charge in [-0.15, -0.1) is 0 Å². The first-order valence-corrected chi connectivity index (χ1v) is 5.38. The molecule has 0 atom stereocenters. The van der Waals surface area contributed by atoms with Gasteiger partial charge >= 0.3 is 0 Å². The van der Waals surface area contributed by atoms with Crippen LogP contribution < -0.4 is 10.5 Å². The standard InChI is InChI=1S/C13H10FN3O/c14-10-8-9(15)3-4-11(10)18-12-2-1-6-17-7-5-16-13(12)17/h1-8H,15H2. The van der Waals surface area contributed by atoms with Crippen molar-refractivity contribution in [3.63, 3.8) is 0 Å². The molecule has 0 aliphatic carbocycles. The fourth-order valence-corrected chi connectivity index (χ4v) is 1.72. The number of ether oxygens (including phenoxy) is 1. The van der Waals surface area contributed by atoms with Gasteiger partial charge < -0.3 is 14.9 Å². The second-order valence-corrected chi connectivity index (χ2v) is 3.82. The van der Waals surface area contributed by atoms with Crippen LogP contribution in [0.15, 0.2) is 48.9 Å². The number of benzene rings is 1. The molecular weight excluding hydrogens is 233 g/mol. The Bertz CT molecular complexity index is 708. The van der Waals surface area contributed by atoms with Crippen molar-refractivity contribution >= 4 is 11.3 Å². The average molecular weight is 243 g/mol. The highest BCUT2D eigenvalue weighted by atomic mass is 19.1. The third-order valence-corrected chi connectivity index (χ3v) is 2.56. The highest BCUT2D eigenvalue weighted by Gasteiger charge is 2.08. The molecule has 3 aromatic rings. The smallest absolute Gasteiger partial charge is 0.180 e. The SMILES string of the molecule is Nc1ccc(Oc2cccn3ccnc23)c(F)c1. The zero-order valence-corrected chi connectivity index (χ0v) is 9.38. The zero-order chi connectivity index (χ0) is 12.5. The van der Waals surface area contributed by atoms with E-state index in [4.69, 9.17) is 10.5 Å². The Morgan fingerprint density at radius 3 is 2.89 bits per heavy atom. The summed E-state index contributed by atoms with van der Waals surface area (Å²) in [6.45, 7) is 0. The van der Waals surface area contributed by atoms with Gasteiger partial charge in [-0.25, -0.2) is 9.37 Å². The summed E-state index contributed by atoms with van der Waals surface area (Å²) >= 11 is 0. The minimum Gasteiger partial charge on any atom is -0.450 e. The summed E-state index contributed by atoms with van der Waals surface area (Å²) in [6.07, 6.45) is 5.29. The monoisotopic (exact) mass is 243 g/mol. The van der Waals surface area contributed by atoms with E-state index in [9.17, 15) is 4.39 Å². The first kappa shape index (κ1) is 10.6. The van der Waals surface area contributed by atoms with Crippen molar-refractivity contribution in [3.05, 3.63) is 54.7 Å². The average Bonchev–Trinajstić information content (AvgIpc) is 2.82. The lowest BCUT2D eigenvalue weighted by Crippen LogP contribution is -1.93. The summed E-state index contributed by atoms with van der Waals surface area (Å²) in [5.74, 6) is 0.120. The van der Waals surface area contributed by atoms with Crippen molar-refractivity contribution in [2.24, 2.45) is 0 Å². The van der Waals surface area contributed by atoms with Crippen molar-refractivity contribution in [2.75, 3.05) is 5.73 Å². The Morgan fingerprint density at radius 1 is 1.17 bits per heavy atom. The number of rotatable bonds is 2. The molecule has 4 nitrogen and oxygen atoms in total. The Kier molecular flexibility index (Phi) is 2.37. The molecule has 2 aromatic heterocycles. The number of halogens is 1. The topological polar surface area (TPSA) is 52.5 Å². The van der Waals surface area contributed by atoms with Crippen LogP contribution in [0, 0.1) is 5.82 Å². The molecule has 2 N–H and O–H groups in total. The van der Waals surface area contributed by atoms with Crippen molar-refractivity contribution in [3.8, 4) is 11.5 Å². The molecule has 0 spiro atoms. The lowest BCUT2D eigenvalue weighted by atomic mass is 10.3. The van der Waals surface area contributed by atoms with Gasteiger partial charge in [-0.2, -0.15) is 0 Å². The molecule has 0 bridgehead atoms. The number of hydrogen-bond acceptors (Lipinski definition) is 3. The number of nitrogen functional groups attached to an aromatic ring is 1. The Labute approximate surface area is 102 Å². The quantitative estimate of drug-likeness (QED) is 0.704. The molecule has 90 valence electrons. The van der Waals surface area contributed by atoms with Gasteiger partial charge in [0, 0.05) is 30.3 Å². The minimum atomic E-state index is -0.497. The third-order valence-electron chi connectivity index (χ3n) is 2.56. The molecule has 0 saturated carbocycles. The van der Waals surface area contributed by atoms with E-state index in [0.29, 0.717) is 17.1 Å². The summed E-state index contributed by atoms with van der Waals surface area (Å²) in [7, 11) is 0. The number of imidazole rings is 1. The highest BCUT2D eigenvalue weighted by molar-refractivity contribution is 5.55. The number of aromatic nitrogens is 2. The molecule has 0 unspecified atom stereocenters. The molecular formula is C13H10FN3O. The predicted molar refractivity (Wildman–Crippen MR) is 66.1 cm³/mol. The van der Waals surface area contributed by atoms with Crippen molar-refractivity contribution in [2.45, 2.75) is 0 Å². The van der Waals surface area contributed by atoms with Crippen LogP contribution in [0.1, 0.15) is 0 Å². The van der Waals surface area contributed by atoms with E-state index < -0.39 is 5.82 Å². The number of anilines is 1. The van der Waals surface area contributed by atoms with Crippen LogP contribution in [0.4, 0.5) is 10.1 Å². The summed E-state index contributed by atoms with van der Waals surface area (Å²) in [4.78, 5) is 4.15. The van der Waals surface area contributed by atoms with E-state index in [0.717, 1.165) is 0 Å². The van der Waals surface area contributed by atoms with Gasteiger partial charge in [0.05, 0.1) is 0 Å². The Hall–Kier alpha value is -2.56. The molecule has 0 radical (unpaired) electrons. The molecule has 0 aliphatic rings. The molecule has 0 fully saturated rings. The second kappa shape index (κ2) is 4.03. The summed E-state index contributed by atoms with van der Waals surface area (Å²) < 4.78 is 20.9. The lowest BCUT2D eigenvalue weighted by Gasteiger charge is -2.08. The van der Waals surface area contributed by atoms with Gasteiger partial charge in [-0.1, -0.05) is 0 Å². The molecule has 2 heterocycles. The largest absolute Gasteiger partial charge is 0.450 e. The van der Waals surface area contributed by atoms with E-state index in [1.165, 1.54) is 12.1 Å². The number of fused-ring (bicyclic) bond motifs is 1. The van der Waals surface area contributed by atoms with E-state index in [1.54, 1.807) is 35.0 Å². The molecule has 0 aliphatic heterocycles. The van der Waals surface area contributed by atoms with Crippen molar-refractivity contribution in [1.82, 2.24) is 9.38 Å². The second-order valence-electron chi connectivity index (χ2n) is 3.82. The Balaban J connectivity index is 2.03. The first-order valence-electron chi connectivity index (χ1n) is 5.38. The van der Waals surface area contributed by atoms with Crippen molar-refractivity contribution < 1.29 is 9.13 Å². The zero-order valence-electron chi connectivity index (χ0n) is 9.38. The molecule has 1 aromatic carbocycles. The maximum absolute atomic E-state index is 13.6. The van der Waals surface area contributed by atoms with Crippen LogP contribution in [0.5, 0.6) is 11.5 Å². The first-order chi connectivity index (χ1) is 8.74. The molecule has 0 amide bonds. The fourth-order valence-electron chi connectivity index (χ4n) is 1.72. The molecule has 5 heteroatoms. The maximum Gasteiger partial charge on any atom is 0.180 e. The van der Waals surface area contributed by atoms with Crippen LogP contribution in [0.25, 0.3) is 5.65 Å². The lowest BCUT2D eigenvalue weighted by molar-refractivity contribution is 0.444. The van der Waals surface area contributed by atoms with Crippen LogP contribution in [-0.4, -0.2) is 9.38 Å². The van der Waals surface area contributed by atoms with Crippen LogP contribution in [-0.2, 0) is 0 Å². The summed E-state index contributed by atoms with van der Waals surface area (Å²) in [6, 6.07) is 7.85. The molecule has 3 rings (SSSR count). The van der Waals surface area contributed by atoms with E-state index in [1.807, 2.05) is 6.20 Å². The predicted octanol–water partition coefficient (Wildman–Crippen LogP) is 2.85. The summed E-state index contributed by atoms with van der Waals surface area (Å²) in [5, 5.41) is 0. The van der Waals surface area contributed by atoms with E-state index >= 15 is 0 Å². The normalized spacial score (nSPS) is 10.7. The van der Waals surface area contributed by atoms with Crippen LogP contribution in [0.3, 0.4) is 0 Å². The van der Waals surface area contributed by atoms with E-state index in [-0.39, 0.29) is 5.75 Å². The van der Waals surface area contributed by atoms with Gasteiger partial charge in [0.25, 0.3) is 0 Å². The van der Waals surface area contributed by atoms with Crippen LogP contribution in [0.2, 0.25) is 0 Å². The number of nitrogens with two attached hydrogens (primary N) is 1. The number of nitrogens with zero attached hydrogens (tertiary/aromatic N) is 2. The van der Waals surface area contributed by atoms with Crippen molar-refractivity contribution in [1.29, 1.82) is 0 Å². The van der Waals surface area contributed by atoms with E-state index in [2.05, 4.69) is 4.98 Å². The van der Waals surface area contributed by atoms with Gasteiger partial charge in [0.2, 0.25) is 0 Å². The van der Waals surface area contributed by atoms with Gasteiger partial charge in [0.1, 0.15) is 0 Å². The van der Waals surface area contributed by atoms with Gasteiger partial charge in [-0.05, 0) is 24.3 Å². The molecule has 18 heavy (non-hydrogen) atoms. The number of hydrogen-bond donors (Lipinski definition) is 1. The summed E-state index contributed by atoms with van der Waals surface area (Å²) in [5.41, 5.74) is 6.48. The minimum absolute atomic E-state index is 0.125.